The van der Waals surface area contributed by atoms with Crippen molar-refractivity contribution in [1.29, 1.82) is 5.26 Å². The van der Waals surface area contributed by atoms with Crippen molar-refractivity contribution >= 4 is 46.2 Å². The number of guanidine groups is 2. The first-order chi connectivity index (χ1) is 19.2. The van der Waals surface area contributed by atoms with Crippen LogP contribution in [0.3, 0.4) is 0 Å². The van der Waals surface area contributed by atoms with Crippen LogP contribution >= 0.6 is 23.1 Å². The second kappa shape index (κ2) is 17.5. The van der Waals surface area contributed by atoms with Crippen LogP contribution in [0.5, 0.6) is 5.75 Å². The van der Waals surface area contributed by atoms with E-state index >= 15 is 0 Å². The van der Waals surface area contributed by atoms with Crippen molar-refractivity contribution in [3.8, 4) is 11.9 Å². The number of anilines is 1. The van der Waals surface area contributed by atoms with Gasteiger partial charge in [0, 0.05) is 30.0 Å². The van der Waals surface area contributed by atoms with Crippen molar-refractivity contribution in [3.05, 3.63) is 82.9 Å². The summed E-state index contributed by atoms with van der Waals surface area (Å²) in [6, 6.07) is 18.0. The van der Waals surface area contributed by atoms with Crippen LogP contribution in [0.1, 0.15) is 30.2 Å². The van der Waals surface area contributed by atoms with Gasteiger partial charge >= 0.3 is 0 Å². The molecule has 0 aliphatic heterocycles. The summed E-state index contributed by atoms with van der Waals surface area (Å²) in [5, 5.41) is 20.6. The molecule has 1 heterocycles. The summed E-state index contributed by atoms with van der Waals surface area (Å²) in [5.74, 6) is 3.28. The molecule has 0 fully saturated rings. The predicted molar refractivity (Wildman–Crippen MR) is 164 cm³/mol. The number of hydrogen-bond acceptors (Lipinski definition) is 7. The molecule has 0 bridgehead atoms. The van der Waals surface area contributed by atoms with Crippen molar-refractivity contribution in [3.63, 3.8) is 0 Å². The molecule has 5 N–H and O–H groups in total. The molecule has 0 unspecified atom stereocenters. The van der Waals surface area contributed by atoms with E-state index in [9.17, 15) is 0 Å². The number of hydrogen-bond donors (Lipinski definition) is 4. The Morgan fingerprint density at radius 2 is 2.00 bits per heavy atom. The second-order valence-corrected chi connectivity index (χ2v) is 10.2. The normalized spacial score (nSPS) is 11.8. The standard InChI is InChI=1S/C28H34N8OS2/c1-2-14-31-26(30)36-28-35-24(20-39-28)19-38-17-16-33-27(34-21-29)32-15-6-9-22-10-12-25(13-11-22)37-18-23-7-4-3-5-8-23/h3-13,20H,2,14-19H2,1H3,(H2,32,33,34)(H3,30,31,35,36)/b9-6+. The van der Waals surface area contributed by atoms with Gasteiger partial charge in [-0.2, -0.15) is 17.0 Å². The average Bonchev–Trinajstić information content (AvgIpc) is 3.40. The Bertz CT molecular complexity index is 1250. The van der Waals surface area contributed by atoms with Crippen molar-refractivity contribution < 1.29 is 4.74 Å². The molecule has 1 aromatic heterocycles. The molecule has 9 nitrogen and oxygen atoms in total. The minimum atomic E-state index is 0.392. The molecule has 39 heavy (non-hydrogen) atoms. The van der Waals surface area contributed by atoms with Crippen LogP contribution in [0.4, 0.5) is 5.13 Å². The Labute approximate surface area is 238 Å². The highest BCUT2D eigenvalue weighted by Gasteiger charge is 2.04. The summed E-state index contributed by atoms with van der Waals surface area (Å²) in [6.45, 7) is 4.40. The molecule has 3 rings (SSSR count). The smallest absolute Gasteiger partial charge is 0.205 e. The number of aliphatic imine (C=N–C) groups is 2. The molecule has 11 heteroatoms. The fourth-order valence-corrected chi connectivity index (χ4v) is 4.74. The number of benzene rings is 2. The van der Waals surface area contributed by atoms with E-state index in [0.29, 0.717) is 38.2 Å². The van der Waals surface area contributed by atoms with E-state index < -0.39 is 0 Å². The first kappa shape index (κ1) is 29.5. The number of nitrogens with zero attached hydrogens (tertiary/aromatic N) is 4. The van der Waals surface area contributed by atoms with E-state index in [1.54, 1.807) is 11.8 Å². The Morgan fingerprint density at radius 1 is 1.18 bits per heavy atom. The van der Waals surface area contributed by atoms with Gasteiger partial charge in [0.15, 0.2) is 17.3 Å². The molecule has 0 radical (unpaired) electrons. The molecule has 0 amide bonds. The summed E-state index contributed by atoms with van der Waals surface area (Å²) in [6.07, 6.45) is 6.82. The van der Waals surface area contributed by atoms with Crippen molar-refractivity contribution in [2.45, 2.75) is 25.7 Å². The Hall–Kier alpha value is -4.01. The molecule has 2 aromatic carbocycles. The third kappa shape index (κ3) is 11.9. The fourth-order valence-electron chi connectivity index (χ4n) is 3.17. The maximum absolute atomic E-state index is 9.03. The number of rotatable bonds is 14. The van der Waals surface area contributed by atoms with E-state index in [1.807, 2.05) is 78.3 Å². The van der Waals surface area contributed by atoms with Crippen LogP contribution < -0.4 is 26.4 Å². The SMILES string of the molecule is CCCN=C(N)Nc1nc(CSCCNC(=NC/C=C/c2ccc(OCc3ccccc3)cc2)NC#N)cs1. The van der Waals surface area contributed by atoms with Gasteiger partial charge in [-0.1, -0.05) is 61.5 Å². The van der Waals surface area contributed by atoms with Crippen LogP contribution in [0.2, 0.25) is 0 Å². The zero-order valence-corrected chi connectivity index (χ0v) is 23.6. The quantitative estimate of drug-likeness (QED) is 0.0723. The molecule has 0 saturated heterocycles. The number of nitrogens with one attached hydrogen (secondary N) is 3. The van der Waals surface area contributed by atoms with E-state index in [2.05, 4.69) is 37.8 Å². The Kier molecular flexibility index (Phi) is 13.2. The van der Waals surface area contributed by atoms with Crippen LogP contribution in [0, 0.1) is 11.5 Å². The van der Waals surface area contributed by atoms with E-state index in [4.69, 9.17) is 15.7 Å². The van der Waals surface area contributed by atoms with Crippen LogP contribution in [0.25, 0.3) is 6.08 Å². The summed E-state index contributed by atoms with van der Waals surface area (Å²) in [4.78, 5) is 13.2. The van der Waals surface area contributed by atoms with Crippen molar-refractivity contribution in [2.75, 3.05) is 30.7 Å². The predicted octanol–water partition coefficient (Wildman–Crippen LogP) is 4.82. The molecule has 0 saturated carbocycles. The number of thiazole rings is 1. The molecule has 0 atom stereocenters. The Balaban J connectivity index is 1.34. The van der Waals surface area contributed by atoms with Gasteiger partial charge in [-0.3, -0.25) is 10.3 Å². The summed E-state index contributed by atoms with van der Waals surface area (Å²) in [5.41, 5.74) is 9.01. The van der Waals surface area contributed by atoms with Gasteiger partial charge < -0.3 is 21.1 Å². The zero-order valence-electron chi connectivity index (χ0n) is 22.0. The highest BCUT2D eigenvalue weighted by molar-refractivity contribution is 7.98. The number of aromatic nitrogens is 1. The lowest BCUT2D eigenvalue weighted by molar-refractivity contribution is 0.306. The minimum Gasteiger partial charge on any atom is -0.489 e. The van der Waals surface area contributed by atoms with Gasteiger partial charge in [0.05, 0.1) is 12.2 Å². The average molecular weight is 563 g/mol. The molecule has 0 aliphatic rings. The van der Waals surface area contributed by atoms with Crippen LogP contribution in [0.15, 0.2) is 76.0 Å². The molecule has 0 aliphatic carbocycles. The molecule has 204 valence electrons. The zero-order chi connectivity index (χ0) is 27.5. The summed E-state index contributed by atoms with van der Waals surface area (Å²) < 4.78 is 5.83. The third-order valence-corrected chi connectivity index (χ3v) is 6.85. The van der Waals surface area contributed by atoms with Crippen molar-refractivity contribution in [2.24, 2.45) is 15.7 Å². The molecular formula is C28H34N8OS2. The molecular weight excluding hydrogens is 528 g/mol. The first-order valence-corrected chi connectivity index (χ1v) is 14.7. The lowest BCUT2D eigenvalue weighted by Gasteiger charge is -2.07. The summed E-state index contributed by atoms with van der Waals surface area (Å²) >= 11 is 3.25. The number of ether oxygens (including phenoxy) is 1. The van der Waals surface area contributed by atoms with Gasteiger partial charge in [0.25, 0.3) is 0 Å². The maximum atomic E-state index is 9.03. The van der Waals surface area contributed by atoms with Gasteiger partial charge in [0.1, 0.15) is 12.4 Å². The van der Waals surface area contributed by atoms with Crippen molar-refractivity contribution in [1.82, 2.24) is 15.6 Å². The minimum absolute atomic E-state index is 0.392. The van der Waals surface area contributed by atoms with Gasteiger partial charge in [-0.05, 0) is 29.7 Å². The van der Waals surface area contributed by atoms with Gasteiger partial charge in [-0.15, -0.1) is 11.3 Å². The van der Waals surface area contributed by atoms with E-state index in [1.165, 1.54) is 11.3 Å². The van der Waals surface area contributed by atoms with E-state index in [-0.39, 0.29) is 0 Å². The highest BCUT2D eigenvalue weighted by atomic mass is 32.2. The van der Waals surface area contributed by atoms with Crippen LogP contribution in [-0.4, -0.2) is 42.3 Å². The number of nitrogens with two attached hydrogens (primary N) is 1. The van der Waals surface area contributed by atoms with Gasteiger partial charge in [0.2, 0.25) is 5.96 Å². The first-order valence-electron chi connectivity index (χ1n) is 12.6. The third-order valence-electron chi connectivity index (χ3n) is 5.05. The number of nitriles is 1. The Morgan fingerprint density at radius 3 is 2.77 bits per heavy atom. The van der Waals surface area contributed by atoms with Crippen LogP contribution in [-0.2, 0) is 12.4 Å². The van der Waals surface area contributed by atoms with Gasteiger partial charge in [-0.25, -0.2) is 9.98 Å². The highest BCUT2D eigenvalue weighted by Crippen LogP contribution is 2.19. The lowest BCUT2D eigenvalue weighted by Crippen LogP contribution is -2.36. The molecule has 0 spiro atoms. The topological polar surface area (TPSA) is 133 Å². The fraction of sp³-hybridized carbons (Fsp3) is 0.286. The largest absolute Gasteiger partial charge is 0.489 e. The monoisotopic (exact) mass is 562 g/mol. The number of thioether (sulfide) groups is 1. The van der Waals surface area contributed by atoms with E-state index in [0.717, 1.165) is 45.6 Å². The molecule has 3 aromatic rings. The second-order valence-electron chi connectivity index (χ2n) is 8.19. The summed E-state index contributed by atoms with van der Waals surface area (Å²) in [7, 11) is 0. The lowest BCUT2D eigenvalue weighted by atomic mass is 10.2. The maximum Gasteiger partial charge on any atom is 0.205 e.